The Balaban J connectivity index is 1.75. The van der Waals surface area contributed by atoms with Crippen LogP contribution in [0.2, 0.25) is 5.02 Å². The number of hydrogen-bond acceptors (Lipinski definition) is 4. The van der Waals surface area contributed by atoms with Crippen LogP contribution in [0.1, 0.15) is 21.7 Å². The first-order chi connectivity index (χ1) is 14.9. The van der Waals surface area contributed by atoms with E-state index in [9.17, 15) is 4.79 Å². The standard InChI is InChI=1S/C24H21ClN4O2/c1-15-7-12-20(13-16(15)2)29-23(17-8-10-18(25)11-9-17)27-22(28-29)24(30)26-19-5-4-6-21(14-19)31-3/h4-14H,1-3H3,(H,26,30). The van der Waals surface area contributed by atoms with Gasteiger partial charge in [-0.15, -0.1) is 5.10 Å². The summed E-state index contributed by atoms with van der Waals surface area (Å²) < 4.78 is 6.89. The van der Waals surface area contributed by atoms with Gasteiger partial charge >= 0.3 is 0 Å². The first-order valence-electron chi connectivity index (χ1n) is 9.70. The number of ether oxygens (including phenoxy) is 1. The zero-order chi connectivity index (χ0) is 22.0. The number of aromatic nitrogens is 3. The minimum Gasteiger partial charge on any atom is -0.497 e. The van der Waals surface area contributed by atoms with Gasteiger partial charge in [-0.3, -0.25) is 4.79 Å². The van der Waals surface area contributed by atoms with Gasteiger partial charge in [0.2, 0.25) is 5.82 Å². The van der Waals surface area contributed by atoms with Crippen LogP contribution >= 0.6 is 11.6 Å². The third kappa shape index (κ3) is 4.44. The van der Waals surface area contributed by atoms with Crippen LogP contribution < -0.4 is 10.1 Å². The molecule has 0 fully saturated rings. The zero-order valence-electron chi connectivity index (χ0n) is 17.4. The number of rotatable bonds is 5. The lowest BCUT2D eigenvalue weighted by atomic mass is 10.1. The number of hydrogen-bond donors (Lipinski definition) is 1. The molecule has 0 aliphatic heterocycles. The molecule has 0 aliphatic carbocycles. The van der Waals surface area contributed by atoms with Crippen molar-refractivity contribution in [3.05, 3.63) is 88.7 Å². The minimum atomic E-state index is -0.411. The molecule has 0 unspecified atom stereocenters. The molecule has 0 atom stereocenters. The quantitative estimate of drug-likeness (QED) is 0.454. The molecule has 4 aromatic rings. The van der Waals surface area contributed by atoms with E-state index in [-0.39, 0.29) is 5.82 Å². The molecule has 0 saturated heterocycles. The van der Waals surface area contributed by atoms with Crippen molar-refractivity contribution in [1.82, 2.24) is 14.8 Å². The average Bonchev–Trinajstić information content (AvgIpc) is 3.22. The first kappa shape index (κ1) is 20.6. The number of nitrogens with one attached hydrogen (secondary N) is 1. The van der Waals surface area contributed by atoms with E-state index < -0.39 is 5.91 Å². The van der Waals surface area contributed by atoms with Crippen LogP contribution in [0.3, 0.4) is 0 Å². The molecule has 156 valence electrons. The molecule has 1 heterocycles. The highest BCUT2D eigenvalue weighted by Crippen LogP contribution is 2.25. The van der Waals surface area contributed by atoms with Crippen molar-refractivity contribution in [2.75, 3.05) is 12.4 Å². The maximum Gasteiger partial charge on any atom is 0.295 e. The van der Waals surface area contributed by atoms with E-state index in [4.69, 9.17) is 16.3 Å². The maximum atomic E-state index is 12.9. The van der Waals surface area contributed by atoms with E-state index in [1.54, 1.807) is 48.2 Å². The summed E-state index contributed by atoms with van der Waals surface area (Å²) in [6.07, 6.45) is 0. The van der Waals surface area contributed by atoms with Gasteiger partial charge in [0.1, 0.15) is 5.75 Å². The summed E-state index contributed by atoms with van der Waals surface area (Å²) in [6, 6.07) is 20.4. The van der Waals surface area contributed by atoms with E-state index in [0.29, 0.717) is 22.3 Å². The smallest absolute Gasteiger partial charge is 0.295 e. The predicted molar refractivity (Wildman–Crippen MR) is 122 cm³/mol. The lowest BCUT2D eigenvalue weighted by molar-refractivity contribution is 0.101. The van der Waals surface area contributed by atoms with Crippen molar-refractivity contribution in [2.24, 2.45) is 0 Å². The molecule has 0 aliphatic rings. The Morgan fingerprint density at radius 3 is 2.48 bits per heavy atom. The van der Waals surface area contributed by atoms with E-state index in [1.807, 2.05) is 44.2 Å². The van der Waals surface area contributed by atoms with Gasteiger partial charge in [0.15, 0.2) is 5.82 Å². The first-order valence-corrected chi connectivity index (χ1v) is 10.1. The molecular weight excluding hydrogens is 412 g/mol. The molecule has 31 heavy (non-hydrogen) atoms. The fourth-order valence-corrected chi connectivity index (χ4v) is 3.25. The van der Waals surface area contributed by atoms with Crippen molar-refractivity contribution in [2.45, 2.75) is 13.8 Å². The van der Waals surface area contributed by atoms with Crippen molar-refractivity contribution in [3.63, 3.8) is 0 Å². The number of carbonyl (C=O) groups excluding carboxylic acids is 1. The van der Waals surface area contributed by atoms with E-state index >= 15 is 0 Å². The van der Waals surface area contributed by atoms with Gasteiger partial charge in [0.25, 0.3) is 5.91 Å². The Labute approximate surface area is 185 Å². The molecule has 0 spiro atoms. The highest BCUT2D eigenvalue weighted by molar-refractivity contribution is 6.30. The van der Waals surface area contributed by atoms with Crippen LogP contribution in [-0.4, -0.2) is 27.8 Å². The highest BCUT2D eigenvalue weighted by atomic mass is 35.5. The molecular formula is C24H21ClN4O2. The molecule has 7 heteroatoms. The Morgan fingerprint density at radius 1 is 1.00 bits per heavy atom. The number of halogens is 1. The number of carbonyl (C=O) groups is 1. The van der Waals surface area contributed by atoms with Crippen molar-refractivity contribution in [1.29, 1.82) is 0 Å². The second-order valence-electron chi connectivity index (χ2n) is 7.13. The number of benzene rings is 3. The van der Waals surface area contributed by atoms with Crippen LogP contribution in [-0.2, 0) is 0 Å². The summed E-state index contributed by atoms with van der Waals surface area (Å²) in [6.45, 7) is 4.09. The summed E-state index contributed by atoms with van der Waals surface area (Å²) in [4.78, 5) is 17.4. The Bertz CT molecular complexity index is 1250. The minimum absolute atomic E-state index is 0.0611. The van der Waals surface area contributed by atoms with Crippen molar-refractivity contribution >= 4 is 23.2 Å². The van der Waals surface area contributed by atoms with Gasteiger partial charge in [0, 0.05) is 22.3 Å². The summed E-state index contributed by atoms with van der Waals surface area (Å²) in [5, 5.41) is 7.97. The van der Waals surface area contributed by atoms with E-state index in [0.717, 1.165) is 16.8 Å². The lowest BCUT2D eigenvalue weighted by Crippen LogP contribution is -2.14. The van der Waals surface area contributed by atoms with Crippen molar-refractivity contribution < 1.29 is 9.53 Å². The normalized spacial score (nSPS) is 10.7. The topological polar surface area (TPSA) is 69.0 Å². The molecule has 0 bridgehead atoms. The third-order valence-corrected chi connectivity index (χ3v) is 5.23. The number of methoxy groups -OCH3 is 1. The molecule has 0 radical (unpaired) electrons. The highest BCUT2D eigenvalue weighted by Gasteiger charge is 2.19. The monoisotopic (exact) mass is 432 g/mol. The molecule has 1 aromatic heterocycles. The van der Waals surface area contributed by atoms with Crippen LogP contribution in [0.25, 0.3) is 17.1 Å². The summed E-state index contributed by atoms with van der Waals surface area (Å²) in [5.74, 6) is 0.848. The Hall–Kier alpha value is -3.64. The van der Waals surface area contributed by atoms with Gasteiger partial charge < -0.3 is 10.1 Å². The van der Waals surface area contributed by atoms with Gasteiger partial charge in [-0.05, 0) is 73.5 Å². The van der Waals surface area contributed by atoms with Gasteiger partial charge in [-0.25, -0.2) is 9.67 Å². The van der Waals surface area contributed by atoms with Gasteiger partial charge in [0.05, 0.1) is 12.8 Å². The molecule has 6 nitrogen and oxygen atoms in total. The number of anilines is 1. The molecule has 3 aromatic carbocycles. The Morgan fingerprint density at radius 2 is 1.77 bits per heavy atom. The van der Waals surface area contributed by atoms with Crippen LogP contribution in [0.5, 0.6) is 5.75 Å². The number of aryl methyl sites for hydroxylation is 2. The molecule has 1 N–H and O–H groups in total. The van der Waals surface area contributed by atoms with Crippen LogP contribution in [0.4, 0.5) is 5.69 Å². The van der Waals surface area contributed by atoms with Gasteiger partial charge in [-0.2, -0.15) is 0 Å². The maximum absolute atomic E-state index is 12.9. The largest absolute Gasteiger partial charge is 0.497 e. The second-order valence-corrected chi connectivity index (χ2v) is 7.57. The number of amides is 1. The van der Waals surface area contributed by atoms with Crippen LogP contribution in [0.15, 0.2) is 66.7 Å². The Kier molecular flexibility index (Phi) is 5.73. The van der Waals surface area contributed by atoms with E-state index in [1.165, 1.54) is 5.56 Å². The van der Waals surface area contributed by atoms with Crippen LogP contribution in [0, 0.1) is 13.8 Å². The van der Waals surface area contributed by atoms with Crippen molar-refractivity contribution in [3.8, 4) is 22.8 Å². The summed E-state index contributed by atoms with van der Waals surface area (Å²) in [5.41, 5.74) is 4.52. The molecule has 1 amide bonds. The summed E-state index contributed by atoms with van der Waals surface area (Å²) >= 11 is 6.05. The van der Waals surface area contributed by atoms with Gasteiger partial charge in [-0.1, -0.05) is 23.7 Å². The lowest BCUT2D eigenvalue weighted by Gasteiger charge is -2.08. The third-order valence-electron chi connectivity index (χ3n) is 4.98. The summed E-state index contributed by atoms with van der Waals surface area (Å²) in [7, 11) is 1.58. The molecule has 4 rings (SSSR count). The molecule has 0 saturated carbocycles. The fraction of sp³-hybridized carbons (Fsp3) is 0.125. The average molecular weight is 433 g/mol. The fourth-order valence-electron chi connectivity index (χ4n) is 3.12. The second kappa shape index (κ2) is 8.62. The predicted octanol–water partition coefficient (Wildman–Crippen LogP) is 5.47. The zero-order valence-corrected chi connectivity index (χ0v) is 18.1. The van der Waals surface area contributed by atoms with E-state index in [2.05, 4.69) is 15.4 Å². The SMILES string of the molecule is COc1cccc(NC(=O)c2nc(-c3ccc(Cl)cc3)n(-c3ccc(C)c(C)c3)n2)c1. The number of nitrogens with zero attached hydrogens (tertiary/aromatic N) is 3.